The Morgan fingerprint density at radius 2 is 2.00 bits per heavy atom. The molecule has 156 valence electrons. The molecule has 2 fully saturated rings. The van der Waals surface area contributed by atoms with E-state index in [4.69, 9.17) is 4.74 Å². The summed E-state index contributed by atoms with van der Waals surface area (Å²) in [5.41, 5.74) is 0.0466. The Labute approximate surface area is 164 Å². The molecule has 3 N–H and O–H groups in total. The molecule has 2 aliphatic rings. The van der Waals surface area contributed by atoms with Gasteiger partial charge in [-0.15, -0.1) is 0 Å². The molecule has 2 heterocycles. The van der Waals surface area contributed by atoms with Crippen LogP contribution in [0.3, 0.4) is 0 Å². The van der Waals surface area contributed by atoms with Crippen LogP contribution >= 0.6 is 0 Å². The fraction of sp³-hybridized carbons (Fsp3) is 0.900. The van der Waals surface area contributed by atoms with E-state index in [1.165, 1.54) is 0 Å². The molecule has 1 unspecified atom stereocenters. The third-order valence-corrected chi connectivity index (χ3v) is 5.72. The van der Waals surface area contributed by atoms with Crippen molar-refractivity contribution in [3.8, 4) is 0 Å². The van der Waals surface area contributed by atoms with Gasteiger partial charge in [0.15, 0.2) is 0 Å². The predicted molar refractivity (Wildman–Crippen MR) is 107 cm³/mol. The van der Waals surface area contributed by atoms with Gasteiger partial charge in [-0.1, -0.05) is 13.8 Å². The van der Waals surface area contributed by atoms with E-state index < -0.39 is 0 Å². The average Bonchev–Trinajstić information content (AvgIpc) is 2.66. The first kappa shape index (κ1) is 22.0. The second-order valence-corrected chi connectivity index (χ2v) is 8.70. The van der Waals surface area contributed by atoms with Gasteiger partial charge in [0.25, 0.3) is 0 Å². The second-order valence-electron chi connectivity index (χ2n) is 8.70. The number of rotatable bonds is 8. The maximum atomic E-state index is 12.5. The Bertz CT molecular complexity index is 472. The van der Waals surface area contributed by atoms with Crippen molar-refractivity contribution in [1.29, 1.82) is 0 Å². The lowest BCUT2D eigenvalue weighted by Crippen LogP contribution is -2.48. The first-order valence-electron chi connectivity index (χ1n) is 10.4. The van der Waals surface area contributed by atoms with Gasteiger partial charge in [0, 0.05) is 45.1 Å². The fourth-order valence-electron chi connectivity index (χ4n) is 4.08. The minimum atomic E-state index is 0.00237. The van der Waals surface area contributed by atoms with Crippen LogP contribution in [0, 0.1) is 17.3 Å². The number of urea groups is 1. The topological polar surface area (TPSA) is 82.7 Å². The minimum Gasteiger partial charge on any atom is -0.384 e. The SMILES string of the molecule is COCC1(CNC(=O)CC2CCCN(C(=O)NCC(C)C)C2)CCNCC1. The lowest BCUT2D eigenvalue weighted by atomic mass is 9.79. The molecule has 0 saturated carbocycles. The van der Waals surface area contributed by atoms with Crippen LogP contribution in [-0.2, 0) is 9.53 Å². The van der Waals surface area contributed by atoms with Crippen molar-refractivity contribution < 1.29 is 14.3 Å². The van der Waals surface area contributed by atoms with E-state index >= 15 is 0 Å². The van der Waals surface area contributed by atoms with Crippen LogP contribution in [0.5, 0.6) is 0 Å². The van der Waals surface area contributed by atoms with Gasteiger partial charge in [-0.3, -0.25) is 4.79 Å². The smallest absolute Gasteiger partial charge is 0.317 e. The van der Waals surface area contributed by atoms with Crippen LogP contribution in [0.25, 0.3) is 0 Å². The zero-order valence-corrected chi connectivity index (χ0v) is 17.3. The van der Waals surface area contributed by atoms with Gasteiger partial charge in [-0.05, 0) is 50.6 Å². The number of carbonyl (C=O) groups is 2. The second kappa shape index (κ2) is 10.9. The molecule has 27 heavy (non-hydrogen) atoms. The maximum absolute atomic E-state index is 12.5. The van der Waals surface area contributed by atoms with Crippen LogP contribution in [0.4, 0.5) is 4.79 Å². The number of hydrogen-bond donors (Lipinski definition) is 3. The van der Waals surface area contributed by atoms with Crippen molar-refractivity contribution in [2.24, 2.45) is 17.3 Å². The van der Waals surface area contributed by atoms with Gasteiger partial charge in [-0.25, -0.2) is 4.79 Å². The summed E-state index contributed by atoms with van der Waals surface area (Å²) in [6, 6.07) is 0.00237. The highest BCUT2D eigenvalue weighted by Crippen LogP contribution is 2.28. The van der Waals surface area contributed by atoms with Gasteiger partial charge in [0.1, 0.15) is 0 Å². The number of amides is 3. The minimum absolute atomic E-state index is 0.00237. The van der Waals surface area contributed by atoms with Crippen LogP contribution < -0.4 is 16.0 Å². The molecular formula is C20H38N4O3. The summed E-state index contributed by atoms with van der Waals surface area (Å²) in [5, 5.41) is 9.50. The molecule has 3 amide bonds. The van der Waals surface area contributed by atoms with Gasteiger partial charge in [0.2, 0.25) is 5.91 Å². The van der Waals surface area contributed by atoms with E-state index in [1.807, 2.05) is 4.90 Å². The van der Waals surface area contributed by atoms with E-state index in [9.17, 15) is 9.59 Å². The Morgan fingerprint density at radius 3 is 2.67 bits per heavy atom. The molecule has 7 heteroatoms. The van der Waals surface area contributed by atoms with Crippen molar-refractivity contribution >= 4 is 11.9 Å². The highest BCUT2D eigenvalue weighted by atomic mass is 16.5. The number of nitrogens with zero attached hydrogens (tertiary/aromatic N) is 1. The number of ether oxygens (including phenoxy) is 1. The van der Waals surface area contributed by atoms with E-state index in [1.54, 1.807) is 7.11 Å². The monoisotopic (exact) mass is 382 g/mol. The largest absolute Gasteiger partial charge is 0.384 e. The van der Waals surface area contributed by atoms with Gasteiger partial charge >= 0.3 is 6.03 Å². The first-order valence-corrected chi connectivity index (χ1v) is 10.4. The highest BCUT2D eigenvalue weighted by molar-refractivity contribution is 5.77. The molecule has 0 radical (unpaired) electrons. The zero-order valence-electron chi connectivity index (χ0n) is 17.3. The molecule has 0 spiro atoms. The summed E-state index contributed by atoms with van der Waals surface area (Å²) in [6.45, 7) is 9.62. The molecule has 2 aliphatic heterocycles. The molecule has 0 aromatic heterocycles. The number of likely N-dealkylation sites (tertiary alicyclic amines) is 1. The summed E-state index contributed by atoms with van der Waals surface area (Å²) in [4.78, 5) is 26.6. The molecule has 7 nitrogen and oxygen atoms in total. The molecule has 0 aliphatic carbocycles. The third kappa shape index (κ3) is 7.30. The zero-order chi connectivity index (χ0) is 19.7. The molecule has 0 bridgehead atoms. The predicted octanol–water partition coefficient (Wildman–Crippen LogP) is 1.59. The Hall–Kier alpha value is -1.34. The van der Waals surface area contributed by atoms with Crippen molar-refractivity contribution in [2.75, 3.05) is 53.0 Å². The summed E-state index contributed by atoms with van der Waals surface area (Å²) < 4.78 is 5.42. The van der Waals surface area contributed by atoms with Crippen LogP contribution in [0.1, 0.15) is 46.0 Å². The van der Waals surface area contributed by atoms with Crippen molar-refractivity contribution in [3.63, 3.8) is 0 Å². The van der Waals surface area contributed by atoms with Crippen molar-refractivity contribution in [1.82, 2.24) is 20.9 Å². The standard InChI is InChI=1S/C20H38N4O3/c1-16(2)12-22-19(26)24-10-4-5-17(13-24)11-18(25)23-14-20(15-27-3)6-8-21-9-7-20/h16-17,21H,4-15H2,1-3H3,(H,22,26)(H,23,25). The van der Waals surface area contributed by atoms with E-state index in [0.29, 0.717) is 38.6 Å². The normalized spacial score (nSPS) is 22.5. The Kier molecular flexibility index (Phi) is 8.83. The molecule has 2 rings (SSSR count). The van der Waals surface area contributed by atoms with Crippen molar-refractivity contribution in [2.45, 2.75) is 46.0 Å². The molecule has 1 atom stereocenters. The van der Waals surface area contributed by atoms with Crippen LogP contribution in [0.15, 0.2) is 0 Å². The molecule has 2 saturated heterocycles. The third-order valence-electron chi connectivity index (χ3n) is 5.72. The van der Waals surface area contributed by atoms with E-state index in [0.717, 1.165) is 45.3 Å². The number of piperidine rings is 2. The number of hydrogen-bond acceptors (Lipinski definition) is 4. The lowest BCUT2D eigenvalue weighted by Gasteiger charge is -2.37. The lowest BCUT2D eigenvalue weighted by molar-refractivity contribution is -0.123. The van der Waals surface area contributed by atoms with Crippen LogP contribution in [0.2, 0.25) is 0 Å². The number of carbonyl (C=O) groups excluding carboxylic acids is 2. The van der Waals surface area contributed by atoms with Crippen LogP contribution in [-0.4, -0.2) is 69.8 Å². The summed E-state index contributed by atoms with van der Waals surface area (Å²) in [6.07, 6.45) is 4.51. The van der Waals surface area contributed by atoms with Gasteiger partial charge in [0.05, 0.1) is 6.61 Å². The maximum Gasteiger partial charge on any atom is 0.317 e. The molecular weight excluding hydrogens is 344 g/mol. The molecule has 0 aromatic rings. The quantitative estimate of drug-likeness (QED) is 0.595. The number of methoxy groups -OCH3 is 1. The number of nitrogens with one attached hydrogen (secondary N) is 3. The summed E-state index contributed by atoms with van der Waals surface area (Å²) >= 11 is 0. The van der Waals surface area contributed by atoms with Gasteiger partial charge in [-0.2, -0.15) is 0 Å². The van der Waals surface area contributed by atoms with E-state index in [2.05, 4.69) is 29.8 Å². The Balaban J connectivity index is 1.76. The fourth-order valence-corrected chi connectivity index (χ4v) is 4.08. The summed E-state index contributed by atoms with van der Waals surface area (Å²) in [7, 11) is 1.73. The van der Waals surface area contributed by atoms with Gasteiger partial charge < -0.3 is 25.6 Å². The first-order chi connectivity index (χ1) is 12.9. The van der Waals surface area contributed by atoms with E-state index in [-0.39, 0.29) is 23.3 Å². The summed E-state index contributed by atoms with van der Waals surface area (Å²) in [5.74, 6) is 0.781. The molecule has 0 aromatic carbocycles. The average molecular weight is 383 g/mol. The Morgan fingerprint density at radius 1 is 1.26 bits per heavy atom. The highest BCUT2D eigenvalue weighted by Gasteiger charge is 2.33. The van der Waals surface area contributed by atoms with Crippen molar-refractivity contribution in [3.05, 3.63) is 0 Å².